The highest BCUT2D eigenvalue weighted by atomic mass is 79.9. The van der Waals surface area contributed by atoms with Gasteiger partial charge in [0.2, 0.25) is 0 Å². The molecule has 1 aliphatic carbocycles. The Kier molecular flexibility index (Phi) is 5.20. The molecule has 0 aromatic heterocycles. The van der Waals surface area contributed by atoms with Gasteiger partial charge in [-0.3, -0.25) is 0 Å². The molecule has 2 rings (SSSR count). The van der Waals surface area contributed by atoms with Crippen LogP contribution in [0.25, 0.3) is 0 Å². The van der Waals surface area contributed by atoms with E-state index in [9.17, 15) is 0 Å². The summed E-state index contributed by atoms with van der Waals surface area (Å²) in [5.41, 5.74) is 1.17. The molecular formula is C14H17BrCl2. The lowest BCUT2D eigenvalue weighted by atomic mass is 9.85. The highest BCUT2D eigenvalue weighted by molar-refractivity contribution is 9.09. The molecule has 94 valence electrons. The summed E-state index contributed by atoms with van der Waals surface area (Å²) < 4.78 is 0. The van der Waals surface area contributed by atoms with E-state index in [-0.39, 0.29) is 0 Å². The topological polar surface area (TPSA) is 0 Å². The van der Waals surface area contributed by atoms with E-state index < -0.39 is 0 Å². The van der Waals surface area contributed by atoms with Crippen molar-refractivity contribution in [3.05, 3.63) is 33.8 Å². The summed E-state index contributed by atoms with van der Waals surface area (Å²) in [5.74, 6) is 0.847. The first-order valence-corrected chi connectivity index (χ1v) is 7.93. The average molecular weight is 336 g/mol. The van der Waals surface area contributed by atoms with E-state index in [1.54, 1.807) is 0 Å². The summed E-state index contributed by atoms with van der Waals surface area (Å²) in [7, 11) is 0. The van der Waals surface area contributed by atoms with Crippen molar-refractivity contribution >= 4 is 39.1 Å². The molecule has 0 nitrogen and oxygen atoms in total. The number of halogens is 3. The number of rotatable bonds is 3. The fraction of sp³-hybridized carbons (Fsp3) is 0.571. The summed E-state index contributed by atoms with van der Waals surface area (Å²) in [4.78, 5) is 0.357. The predicted octanol–water partition coefficient (Wildman–Crippen LogP) is 6.40. The molecular weight excluding hydrogens is 319 g/mol. The Hall–Kier alpha value is 0.280. The van der Waals surface area contributed by atoms with Crippen LogP contribution in [0.3, 0.4) is 0 Å². The van der Waals surface area contributed by atoms with Crippen LogP contribution in [-0.4, -0.2) is 0 Å². The Labute approximate surface area is 122 Å². The van der Waals surface area contributed by atoms with Crippen molar-refractivity contribution in [3.63, 3.8) is 0 Å². The number of hydrogen-bond donors (Lipinski definition) is 0. The maximum absolute atomic E-state index is 6.23. The molecule has 0 N–H and O–H groups in total. The van der Waals surface area contributed by atoms with Crippen LogP contribution in [0.2, 0.25) is 10.0 Å². The van der Waals surface area contributed by atoms with Crippen LogP contribution in [0.1, 0.15) is 48.9 Å². The van der Waals surface area contributed by atoms with E-state index >= 15 is 0 Å². The van der Waals surface area contributed by atoms with Crippen molar-refractivity contribution in [2.45, 2.75) is 43.4 Å². The molecule has 0 saturated heterocycles. The van der Waals surface area contributed by atoms with Crippen LogP contribution in [-0.2, 0) is 0 Å². The average Bonchev–Trinajstić information content (AvgIpc) is 2.30. The SMILES string of the molecule is Clc1ccc(C(Br)CC2CCCCC2)c(Cl)c1. The maximum atomic E-state index is 6.23. The second-order valence-electron chi connectivity index (χ2n) is 4.87. The standard InChI is InChI=1S/C14H17BrCl2/c15-13(8-10-4-2-1-3-5-10)12-7-6-11(16)9-14(12)17/h6-7,9-10,13H,1-5,8H2. The predicted molar refractivity (Wildman–Crippen MR) is 79.3 cm³/mol. The molecule has 1 fully saturated rings. The highest BCUT2D eigenvalue weighted by Gasteiger charge is 2.19. The fourth-order valence-corrected chi connectivity index (χ4v) is 4.20. The third-order valence-corrected chi connectivity index (χ3v) is 4.99. The summed E-state index contributed by atoms with van der Waals surface area (Å²) >= 11 is 15.9. The summed E-state index contributed by atoms with van der Waals surface area (Å²) in [5, 5.41) is 1.48. The molecule has 0 radical (unpaired) electrons. The molecule has 0 amide bonds. The minimum absolute atomic E-state index is 0.357. The van der Waals surface area contributed by atoms with Gasteiger partial charge >= 0.3 is 0 Å². The molecule has 17 heavy (non-hydrogen) atoms. The van der Waals surface area contributed by atoms with Crippen LogP contribution in [0.15, 0.2) is 18.2 Å². The summed E-state index contributed by atoms with van der Waals surface area (Å²) in [6, 6.07) is 5.78. The van der Waals surface area contributed by atoms with Crippen molar-refractivity contribution in [3.8, 4) is 0 Å². The largest absolute Gasteiger partial charge is 0.0843 e. The van der Waals surface area contributed by atoms with Gasteiger partial charge in [-0.05, 0) is 30.0 Å². The van der Waals surface area contributed by atoms with E-state index in [0.29, 0.717) is 9.85 Å². The van der Waals surface area contributed by atoms with Crippen LogP contribution < -0.4 is 0 Å². The molecule has 0 aliphatic heterocycles. The number of hydrogen-bond acceptors (Lipinski definition) is 0. The normalized spacial score (nSPS) is 19.2. The van der Waals surface area contributed by atoms with E-state index in [1.165, 1.54) is 44.1 Å². The van der Waals surface area contributed by atoms with Crippen molar-refractivity contribution < 1.29 is 0 Å². The van der Waals surface area contributed by atoms with Crippen molar-refractivity contribution in [2.24, 2.45) is 5.92 Å². The zero-order valence-corrected chi connectivity index (χ0v) is 12.9. The molecule has 0 heterocycles. The van der Waals surface area contributed by atoms with Crippen molar-refractivity contribution in [1.82, 2.24) is 0 Å². The molecule has 0 bridgehead atoms. The van der Waals surface area contributed by atoms with Gasteiger partial charge in [-0.25, -0.2) is 0 Å². The van der Waals surface area contributed by atoms with Gasteiger partial charge in [0.05, 0.1) is 0 Å². The minimum Gasteiger partial charge on any atom is -0.0843 e. The summed E-state index contributed by atoms with van der Waals surface area (Å²) in [6.07, 6.45) is 8.10. The third-order valence-electron chi connectivity index (χ3n) is 3.56. The molecule has 1 aromatic rings. The lowest BCUT2D eigenvalue weighted by Crippen LogP contribution is -2.08. The van der Waals surface area contributed by atoms with Crippen molar-refractivity contribution in [2.75, 3.05) is 0 Å². The lowest BCUT2D eigenvalue weighted by Gasteiger charge is -2.24. The first-order valence-electron chi connectivity index (χ1n) is 6.26. The minimum atomic E-state index is 0.357. The first-order chi connectivity index (χ1) is 8.16. The highest BCUT2D eigenvalue weighted by Crippen LogP contribution is 2.39. The van der Waals surface area contributed by atoms with E-state index in [0.717, 1.165) is 10.9 Å². The van der Waals surface area contributed by atoms with Gasteiger partial charge in [0.1, 0.15) is 0 Å². The Morgan fingerprint density at radius 2 is 1.88 bits per heavy atom. The Morgan fingerprint density at radius 1 is 1.18 bits per heavy atom. The van der Waals surface area contributed by atoms with Crippen LogP contribution in [0, 0.1) is 5.92 Å². The zero-order chi connectivity index (χ0) is 12.3. The molecule has 1 atom stereocenters. The quantitative estimate of drug-likeness (QED) is 0.560. The van der Waals surface area contributed by atoms with E-state index in [1.807, 2.05) is 18.2 Å². The van der Waals surface area contributed by atoms with Crippen molar-refractivity contribution in [1.29, 1.82) is 0 Å². The maximum Gasteiger partial charge on any atom is 0.0464 e. The Balaban J connectivity index is 2.00. The Bertz CT molecular complexity index is 372. The summed E-state index contributed by atoms with van der Waals surface area (Å²) in [6.45, 7) is 0. The zero-order valence-electron chi connectivity index (χ0n) is 9.76. The number of alkyl halides is 1. The van der Waals surface area contributed by atoms with Gasteiger partial charge < -0.3 is 0 Å². The smallest absolute Gasteiger partial charge is 0.0464 e. The number of benzene rings is 1. The third kappa shape index (κ3) is 3.87. The fourth-order valence-electron chi connectivity index (χ4n) is 2.60. The van der Waals surface area contributed by atoms with Crippen LogP contribution >= 0.6 is 39.1 Å². The Morgan fingerprint density at radius 3 is 2.53 bits per heavy atom. The second-order valence-corrected chi connectivity index (χ2v) is 6.82. The molecule has 1 aliphatic rings. The van der Waals surface area contributed by atoms with Gasteiger partial charge in [-0.2, -0.15) is 0 Å². The van der Waals surface area contributed by atoms with Crippen LogP contribution in [0.5, 0.6) is 0 Å². The first kappa shape index (κ1) is 13.7. The molecule has 0 spiro atoms. The van der Waals surface area contributed by atoms with Gasteiger partial charge in [0.15, 0.2) is 0 Å². The molecule has 3 heteroatoms. The molecule has 1 aromatic carbocycles. The van der Waals surface area contributed by atoms with E-state index in [2.05, 4.69) is 15.9 Å². The van der Waals surface area contributed by atoms with Crippen LogP contribution in [0.4, 0.5) is 0 Å². The lowest BCUT2D eigenvalue weighted by molar-refractivity contribution is 0.338. The van der Waals surface area contributed by atoms with Gasteiger partial charge in [-0.15, -0.1) is 0 Å². The second kappa shape index (κ2) is 6.45. The molecule has 1 unspecified atom stereocenters. The van der Waals surface area contributed by atoms with Gasteiger partial charge in [-0.1, -0.05) is 77.3 Å². The monoisotopic (exact) mass is 334 g/mol. The molecule has 1 saturated carbocycles. The van der Waals surface area contributed by atoms with Gasteiger partial charge in [0, 0.05) is 14.9 Å². The van der Waals surface area contributed by atoms with Gasteiger partial charge in [0.25, 0.3) is 0 Å². The van der Waals surface area contributed by atoms with E-state index in [4.69, 9.17) is 23.2 Å².